The van der Waals surface area contributed by atoms with Crippen LogP contribution in [0.25, 0.3) is 0 Å². The molecule has 10 heteroatoms. The molecule has 3 N–H and O–H groups in total. The number of hydrogen-bond donors (Lipinski definition) is 3. The van der Waals surface area contributed by atoms with Crippen LogP contribution in [0.3, 0.4) is 0 Å². The summed E-state index contributed by atoms with van der Waals surface area (Å²) in [6.07, 6.45) is 0.631. The first-order chi connectivity index (χ1) is 11.9. The van der Waals surface area contributed by atoms with Crippen LogP contribution in [0.4, 0.5) is 4.79 Å². The van der Waals surface area contributed by atoms with Gasteiger partial charge >= 0.3 is 12.1 Å². The van der Waals surface area contributed by atoms with E-state index in [4.69, 9.17) is 14.9 Å². The molecule has 0 aromatic heterocycles. The number of alkyl carbamates (subject to hydrolysis) is 1. The van der Waals surface area contributed by atoms with E-state index in [0.29, 0.717) is 6.42 Å². The van der Waals surface area contributed by atoms with Crippen LogP contribution in [0.5, 0.6) is 0 Å². The van der Waals surface area contributed by atoms with Crippen LogP contribution < -0.4 is 10.6 Å². The topological polar surface area (TPSA) is 135 Å². The average molecular weight is 394 g/mol. The third kappa shape index (κ3) is 12.5. The summed E-state index contributed by atoms with van der Waals surface area (Å²) in [5.41, 5.74) is -0.828. The van der Waals surface area contributed by atoms with Gasteiger partial charge in [-0.3, -0.25) is 5.41 Å². The van der Waals surface area contributed by atoms with Gasteiger partial charge in [-0.2, -0.15) is 0 Å². The molecule has 0 saturated heterocycles. The van der Waals surface area contributed by atoms with Gasteiger partial charge in [-0.15, -0.1) is 0 Å². The number of rotatable bonds is 10. The first-order valence-corrected chi connectivity index (χ1v) is 10.3. The van der Waals surface area contributed by atoms with Crippen molar-refractivity contribution in [1.29, 1.82) is 5.41 Å². The summed E-state index contributed by atoms with van der Waals surface area (Å²) in [5, 5.41) is 12.1. The molecular formula is C16H31N3O6S. The summed E-state index contributed by atoms with van der Waals surface area (Å²) in [6.45, 7) is 8.58. The van der Waals surface area contributed by atoms with Crippen LogP contribution in [0.1, 0.15) is 47.5 Å². The minimum absolute atomic E-state index is 0.0413. The molecule has 0 rings (SSSR count). The van der Waals surface area contributed by atoms with E-state index >= 15 is 0 Å². The predicted molar refractivity (Wildman–Crippen MR) is 99.1 cm³/mol. The molecule has 9 nitrogen and oxygen atoms in total. The lowest BCUT2D eigenvalue weighted by Crippen LogP contribution is -2.49. The maximum absolute atomic E-state index is 12.3. The van der Waals surface area contributed by atoms with Crippen LogP contribution in [0.15, 0.2) is 0 Å². The Morgan fingerprint density at radius 1 is 1.23 bits per heavy atom. The summed E-state index contributed by atoms with van der Waals surface area (Å²) in [5.74, 6) is -1.59. The molecule has 0 radical (unpaired) electrons. The number of ether oxygens (including phenoxy) is 2. The Balaban J connectivity index is 4.98. The van der Waals surface area contributed by atoms with Gasteiger partial charge in [0.15, 0.2) is 9.84 Å². The van der Waals surface area contributed by atoms with Crippen molar-refractivity contribution in [2.24, 2.45) is 0 Å². The number of sulfone groups is 1. The zero-order chi connectivity index (χ0) is 20.4. The zero-order valence-corrected chi connectivity index (χ0v) is 17.0. The number of carbonyl (C=O) groups is 2. The molecule has 0 saturated carbocycles. The molecule has 0 aromatic rings. The lowest BCUT2D eigenvalue weighted by molar-refractivity contribution is -0.156. The Morgan fingerprint density at radius 2 is 1.85 bits per heavy atom. The van der Waals surface area contributed by atoms with Crippen LogP contribution in [-0.2, 0) is 24.1 Å². The normalized spacial score (nSPS) is 12.8. The molecule has 0 fully saturated rings. The van der Waals surface area contributed by atoms with Gasteiger partial charge in [0.05, 0.1) is 23.9 Å². The summed E-state index contributed by atoms with van der Waals surface area (Å²) >= 11 is 0. The van der Waals surface area contributed by atoms with Crippen LogP contribution in [-0.4, -0.2) is 62.6 Å². The number of esters is 1. The number of nitrogens with one attached hydrogen (secondary N) is 3. The largest absolute Gasteiger partial charge is 0.458 e. The van der Waals surface area contributed by atoms with E-state index in [-0.39, 0.29) is 24.7 Å². The fourth-order valence-electron chi connectivity index (χ4n) is 1.77. The number of unbranched alkanes of at least 4 members (excludes halogenated alkanes) is 1. The second-order valence-electron chi connectivity index (χ2n) is 6.89. The SMILES string of the molecule is CCCCOC(=O)NC(CS(=O)(=O)CCNC(C)=N)C(=O)OC(C)(C)C. The quantitative estimate of drug-likeness (QED) is 0.220. The highest BCUT2D eigenvalue weighted by molar-refractivity contribution is 7.91. The summed E-state index contributed by atoms with van der Waals surface area (Å²) in [6, 6.07) is -1.37. The van der Waals surface area contributed by atoms with Gasteiger partial charge in [0.2, 0.25) is 0 Å². The molecule has 1 unspecified atom stereocenters. The number of amides is 1. The van der Waals surface area contributed by atoms with Crippen molar-refractivity contribution in [1.82, 2.24) is 10.6 Å². The zero-order valence-electron chi connectivity index (χ0n) is 16.2. The monoisotopic (exact) mass is 393 g/mol. The van der Waals surface area contributed by atoms with Gasteiger partial charge in [0.25, 0.3) is 0 Å². The van der Waals surface area contributed by atoms with Crippen molar-refractivity contribution in [3.63, 3.8) is 0 Å². The lowest BCUT2D eigenvalue weighted by Gasteiger charge is -2.24. The van der Waals surface area contributed by atoms with E-state index in [2.05, 4.69) is 10.6 Å². The highest BCUT2D eigenvalue weighted by atomic mass is 32.2. The van der Waals surface area contributed by atoms with E-state index in [1.807, 2.05) is 6.92 Å². The highest BCUT2D eigenvalue weighted by Gasteiger charge is 2.31. The second kappa shape index (κ2) is 11.0. The van der Waals surface area contributed by atoms with Crippen molar-refractivity contribution in [2.45, 2.75) is 59.1 Å². The second-order valence-corrected chi connectivity index (χ2v) is 9.11. The number of amidine groups is 1. The van der Waals surface area contributed by atoms with E-state index in [1.165, 1.54) is 6.92 Å². The Morgan fingerprint density at radius 3 is 2.35 bits per heavy atom. The molecule has 0 spiro atoms. The smallest absolute Gasteiger partial charge is 0.407 e. The third-order valence-electron chi connectivity index (χ3n) is 2.94. The maximum Gasteiger partial charge on any atom is 0.407 e. The Bertz CT molecular complexity index is 583. The fourth-order valence-corrected chi connectivity index (χ4v) is 3.07. The van der Waals surface area contributed by atoms with Crippen LogP contribution in [0.2, 0.25) is 0 Å². The Kier molecular flexibility index (Phi) is 10.2. The predicted octanol–water partition coefficient (Wildman–Crippen LogP) is 1.22. The van der Waals surface area contributed by atoms with Crippen LogP contribution >= 0.6 is 0 Å². The molecule has 0 bridgehead atoms. The highest BCUT2D eigenvalue weighted by Crippen LogP contribution is 2.10. The number of carbonyl (C=O) groups excluding carboxylic acids is 2. The molecule has 152 valence electrons. The molecule has 0 aromatic carbocycles. The van der Waals surface area contributed by atoms with Crippen molar-refractivity contribution in [2.75, 3.05) is 24.7 Å². The molecule has 0 aliphatic carbocycles. The maximum atomic E-state index is 12.3. The van der Waals surface area contributed by atoms with E-state index in [0.717, 1.165) is 6.42 Å². The van der Waals surface area contributed by atoms with Gasteiger partial charge in [-0.25, -0.2) is 18.0 Å². The summed E-state index contributed by atoms with van der Waals surface area (Å²) in [7, 11) is -3.68. The van der Waals surface area contributed by atoms with Crippen molar-refractivity contribution in [3.8, 4) is 0 Å². The first-order valence-electron chi connectivity index (χ1n) is 8.52. The van der Waals surface area contributed by atoms with Gasteiger partial charge in [0.1, 0.15) is 11.6 Å². The van der Waals surface area contributed by atoms with Gasteiger partial charge in [-0.05, 0) is 34.1 Å². The first kappa shape index (κ1) is 24.2. The standard InChI is InChI=1S/C16H31N3O6S/c1-6-7-9-24-15(21)19-13(14(20)25-16(3,4)5)11-26(22,23)10-8-18-12(2)17/h13H,6-11H2,1-5H3,(H2,17,18)(H,19,21). The minimum atomic E-state index is -3.68. The average Bonchev–Trinajstić information content (AvgIpc) is 2.44. The van der Waals surface area contributed by atoms with E-state index in [9.17, 15) is 18.0 Å². The Labute approximate surface area is 155 Å². The molecule has 0 aliphatic heterocycles. The lowest BCUT2D eigenvalue weighted by atomic mass is 10.2. The van der Waals surface area contributed by atoms with E-state index in [1.54, 1.807) is 20.8 Å². The molecule has 1 amide bonds. The van der Waals surface area contributed by atoms with Gasteiger partial charge < -0.3 is 20.1 Å². The van der Waals surface area contributed by atoms with Crippen LogP contribution in [0, 0.1) is 5.41 Å². The van der Waals surface area contributed by atoms with Crippen molar-refractivity contribution in [3.05, 3.63) is 0 Å². The van der Waals surface area contributed by atoms with Gasteiger partial charge in [0, 0.05) is 6.54 Å². The molecule has 1 atom stereocenters. The molecule has 0 aliphatic rings. The minimum Gasteiger partial charge on any atom is -0.458 e. The summed E-state index contributed by atoms with van der Waals surface area (Å²) in [4.78, 5) is 24.1. The fraction of sp³-hybridized carbons (Fsp3) is 0.812. The molecule has 26 heavy (non-hydrogen) atoms. The third-order valence-corrected chi connectivity index (χ3v) is 4.61. The summed E-state index contributed by atoms with van der Waals surface area (Å²) < 4.78 is 34.6. The molecule has 0 heterocycles. The molecular weight excluding hydrogens is 362 g/mol. The van der Waals surface area contributed by atoms with Crippen molar-refractivity contribution < 1.29 is 27.5 Å². The number of hydrogen-bond acceptors (Lipinski definition) is 7. The van der Waals surface area contributed by atoms with Crippen molar-refractivity contribution >= 4 is 27.7 Å². The van der Waals surface area contributed by atoms with E-state index < -0.39 is 39.3 Å². The van der Waals surface area contributed by atoms with Gasteiger partial charge in [-0.1, -0.05) is 13.3 Å². The Hall–Kier alpha value is -1.84.